The zero-order valence-electron chi connectivity index (χ0n) is 14.8. The predicted molar refractivity (Wildman–Crippen MR) is 99.0 cm³/mol. The van der Waals surface area contributed by atoms with Crippen molar-refractivity contribution in [2.75, 3.05) is 31.1 Å². The lowest BCUT2D eigenvalue weighted by molar-refractivity contribution is 0.0746. The molecule has 0 spiro atoms. The van der Waals surface area contributed by atoms with E-state index in [9.17, 15) is 4.79 Å². The number of anilines is 1. The molecule has 1 fully saturated rings. The number of hydrogen-bond acceptors (Lipinski definition) is 8. The highest BCUT2D eigenvalue weighted by atomic mass is 16.2. The third-order valence-corrected chi connectivity index (χ3v) is 4.75. The van der Waals surface area contributed by atoms with Crippen molar-refractivity contribution in [1.29, 1.82) is 0 Å². The van der Waals surface area contributed by atoms with E-state index in [1.165, 1.54) is 12.7 Å². The third-order valence-electron chi connectivity index (χ3n) is 4.75. The van der Waals surface area contributed by atoms with Crippen LogP contribution in [0.5, 0.6) is 0 Å². The molecule has 0 aliphatic carbocycles. The molecule has 0 atom stereocenters. The lowest BCUT2D eigenvalue weighted by atomic mass is 10.1. The normalized spacial score (nSPS) is 14.6. The molecule has 1 aliphatic rings. The highest BCUT2D eigenvalue weighted by Crippen LogP contribution is 2.18. The number of carbonyl (C=O) groups is 1. The minimum atomic E-state index is -0.00413. The van der Waals surface area contributed by atoms with Crippen LogP contribution in [0.25, 0.3) is 16.9 Å². The van der Waals surface area contributed by atoms with E-state index in [0.717, 1.165) is 11.3 Å². The average molecular weight is 376 g/mol. The molecule has 11 heteroatoms. The molecule has 1 amide bonds. The van der Waals surface area contributed by atoms with E-state index in [1.54, 1.807) is 29.2 Å². The average Bonchev–Trinajstić information content (AvgIpc) is 3.45. The molecule has 28 heavy (non-hydrogen) atoms. The Morgan fingerprint density at radius 1 is 0.929 bits per heavy atom. The molecule has 4 heterocycles. The Morgan fingerprint density at radius 2 is 1.75 bits per heavy atom. The summed E-state index contributed by atoms with van der Waals surface area (Å²) in [6, 6.07) is 7.22. The lowest BCUT2D eigenvalue weighted by Gasteiger charge is -2.35. The number of hydrogen-bond donors (Lipinski definition) is 1. The molecule has 11 nitrogen and oxygen atoms in total. The Labute approximate surface area is 159 Å². The van der Waals surface area contributed by atoms with Crippen LogP contribution in [0.1, 0.15) is 10.4 Å². The maximum Gasteiger partial charge on any atom is 0.254 e. The van der Waals surface area contributed by atoms with E-state index in [1.807, 2.05) is 11.0 Å². The fourth-order valence-corrected chi connectivity index (χ4v) is 3.26. The van der Waals surface area contributed by atoms with E-state index < -0.39 is 0 Å². The number of aromatic amines is 1. The second-order valence-electron chi connectivity index (χ2n) is 6.38. The Kier molecular flexibility index (Phi) is 3.89. The molecule has 140 valence electrons. The van der Waals surface area contributed by atoms with Gasteiger partial charge in [-0.1, -0.05) is 0 Å². The minimum Gasteiger partial charge on any atom is -0.353 e. The fourth-order valence-electron chi connectivity index (χ4n) is 3.26. The van der Waals surface area contributed by atoms with Crippen LogP contribution >= 0.6 is 0 Å². The number of H-pyrrole nitrogens is 1. The number of carbonyl (C=O) groups excluding carboxylic acids is 1. The second kappa shape index (κ2) is 6.68. The summed E-state index contributed by atoms with van der Waals surface area (Å²) in [7, 11) is 0. The summed E-state index contributed by atoms with van der Waals surface area (Å²) in [6.45, 7) is 2.59. The van der Waals surface area contributed by atoms with Gasteiger partial charge in [-0.25, -0.2) is 19.6 Å². The van der Waals surface area contributed by atoms with Crippen molar-refractivity contribution in [2.45, 2.75) is 0 Å². The number of rotatable bonds is 3. The number of piperazine rings is 1. The van der Waals surface area contributed by atoms with Crippen LogP contribution in [0.15, 0.2) is 43.2 Å². The number of nitrogens with zero attached hydrogens (tertiary/aromatic N) is 9. The highest BCUT2D eigenvalue weighted by Gasteiger charge is 2.23. The first-order chi connectivity index (χ1) is 13.8. The molecule has 0 radical (unpaired) electrons. The molecule has 1 saturated heterocycles. The van der Waals surface area contributed by atoms with Gasteiger partial charge in [0, 0.05) is 37.8 Å². The third kappa shape index (κ3) is 2.92. The summed E-state index contributed by atoms with van der Waals surface area (Å²) < 4.78 is 1.59. The van der Waals surface area contributed by atoms with Gasteiger partial charge in [0.25, 0.3) is 5.91 Å². The van der Waals surface area contributed by atoms with Crippen LogP contribution in [-0.4, -0.2) is 77.1 Å². The van der Waals surface area contributed by atoms with Crippen LogP contribution in [-0.2, 0) is 0 Å². The van der Waals surface area contributed by atoms with Gasteiger partial charge in [-0.3, -0.25) is 4.79 Å². The van der Waals surface area contributed by atoms with Crippen molar-refractivity contribution in [3.8, 4) is 5.82 Å². The number of amides is 1. The van der Waals surface area contributed by atoms with Crippen LogP contribution in [0.4, 0.5) is 5.82 Å². The first-order valence-electron chi connectivity index (χ1n) is 8.80. The number of aromatic nitrogens is 8. The molecule has 1 N–H and O–H groups in total. The van der Waals surface area contributed by atoms with Gasteiger partial charge in [-0.15, -0.1) is 0 Å². The van der Waals surface area contributed by atoms with Gasteiger partial charge in [0.2, 0.25) is 0 Å². The standard InChI is InChI=1S/C17H16N10O/c28-17(12-1-2-13-14(7-12)23-24-22-13)26-5-3-25(4-6-26)15-8-16(20-10-19-15)27-11-18-9-21-27/h1-2,7-11H,3-6H2,(H,22,23,24). The first-order valence-corrected chi connectivity index (χ1v) is 8.80. The molecule has 4 aromatic rings. The van der Waals surface area contributed by atoms with Gasteiger partial charge < -0.3 is 9.80 Å². The van der Waals surface area contributed by atoms with Gasteiger partial charge in [-0.05, 0) is 18.2 Å². The second-order valence-corrected chi connectivity index (χ2v) is 6.38. The summed E-state index contributed by atoms with van der Waals surface area (Å²) >= 11 is 0. The predicted octanol–water partition coefficient (Wildman–Crippen LogP) is 0.291. The smallest absolute Gasteiger partial charge is 0.254 e. The highest BCUT2D eigenvalue weighted by molar-refractivity contribution is 5.97. The minimum absolute atomic E-state index is 0.00413. The van der Waals surface area contributed by atoms with Crippen LogP contribution < -0.4 is 4.90 Å². The van der Waals surface area contributed by atoms with Crippen molar-refractivity contribution < 1.29 is 4.79 Å². The Bertz CT molecular complexity index is 1110. The molecular formula is C17H16N10O. The Morgan fingerprint density at radius 3 is 2.57 bits per heavy atom. The molecule has 1 aromatic carbocycles. The van der Waals surface area contributed by atoms with E-state index in [4.69, 9.17) is 0 Å². The van der Waals surface area contributed by atoms with E-state index in [0.29, 0.717) is 43.1 Å². The summed E-state index contributed by atoms with van der Waals surface area (Å²) in [6.07, 6.45) is 4.56. The van der Waals surface area contributed by atoms with Gasteiger partial charge in [0.1, 0.15) is 35.8 Å². The monoisotopic (exact) mass is 376 g/mol. The first kappa shape index (κ1) is 16.3. The van der Waals surface area contributed by atoms with Crippen LogP contribution in [0.3, 0.4) is 0 Å². The summed E-state index contributed by atoms with van der Waals surface area (Å²) in [5.41, 5.74) is 2.05. The van der Waals surface area contributed by atoms with Crippen LogP contribution in [0.2, 0.25) is 0 Å². The van der Waals surface area contributed by atoms with Gasteiger partial charge in [0.15, 0.2) is 5.82 Å². The lowest BCUT2D eigenvalue weighted by Crippen LogP contribution is -2.49. The van der Waals surface area contributed by atoms with Gasteiger partial charge >= 0.3 is 0 Å². The number of benzene rings is 1. The zero-order valence-corrected chi connectivity index (χ0v) is 14.8. The van der Waals surface area contributed by atoms with E-state index in [2.05, 4.69) is 40.4 Å². The van der Waals surface area contributed by atoms with E-state index >= 15 is 0 Å². The number of fused-ring (bicyclic) bond motifs is 1. The summed E-state index contributed by atoms with van der Waals surface area (Å²) in [5, 5.41) is 14.7. The van der Waals surface area contributed by atoms with Crippen LogP contribution in [0, 0.1) is 0 Å². The summed E-state index contributed by atoms with van der Waals surface area (Å²) in [5.74, 6) is 1.45. The van der Waals surface area contributed by atoms with E-state index in [-0.39, 0.29) is 5.91 Å². The fraction of sp³-hybridized carbons (Fsp3) is 0.235. The molecular weight excluding hydrogens is 360 g/mol. The molecule has 1 aliphatic heterocycles. The Balaban J connectivity index is 1.28. The SMILES string of the molecule is O=C(c1ccc2n[nH]nc2c1)N1CCN(c2cc(-n3cncn3)ncn2)CC1. The molecule has 0 unspecified atom stereocenters. The topological polar surface area (TPSA) is 122 Å². The van der Waals surface area contributed by atoms with Crippen molar-refractivity contribution >= 4 is 22.8 Å². The maximum atomic E-state index is 12.8. The maximum absolute atomic E-state index is 12.8. The molecule has 0 saturated carbocycles. The van der Waals surface area contributed by atoms with Crippen molar-refractivity contribution in [3.05, 3.63) is 48.8 Å². The number of nitrogens with one attached hydrogen (secondary N) is 1. The Hall–Kier alpha value is -3.89. The summed E-state index contributed by atoms with van der Waals surface area (Å²) in [4.78, 5) is 29.3. The molecule has 5 rings (SSSR count). The van der Waals surface area contributed by atoms with Crippen molar-refractivity contribution in [1.82, 2.24) is 45.0 Å². The quantitative estimate of drug-likeness (QED) is 0.541. The molecule has 3 aromatic heterocycles. The largest absolute Gasteiger partial charge is 0.353 e. The zero-order chi connectivity index (χ0) is 18.9. The van der Waals surface area contributed by atoms with Gasteiger partial charge in [0.05, 0.1) is 0 Å². The van der Waals surface area contributed by atoms with Gasteiger partial charge in [-0.2, -0.15) is 20.5 Å². The van der Waals surface area contributed by atoms with Crippen molar-refractivity contribution in [3.63, 3.8) is 0 Å². The van der Waals surface area contributed by atoms with Crippen molar-refractivity contribution in [2.24, 2.45) is 0 Å². The molecule has 0 bridgehead atoms.